The molecule has 2 nitrogen and oxygen atoms in total. The van der Waals surface area contributed by atoms with Crippen molar-refractivity contribution in [1.82, 2.24) is 0 Å². The van der Waals surface area contributed by atoms with Crippen LogP contribution in [0.3, 0.4) is 0 Å². The number of hydrogen-bond donors (Lipinski definition) is 0. The summed E-state index contributed by atoms with van der Waals surface area (Å²) in [5.74, 6) is 1.07. The second-order valence-corrected chi connectivity index (χ2v) is 37.7. The average Bonchev–Trinajstić information content (AvgIpc) is 3.53. The predicted molar refractivity (Wildman–Crippen MR) is 211 cm³/mol. The summed E-state index contributed by atoms with van der Waals surface area (Å²) >= 11 is -2.74. The van der Waals surface area contributed by atoms with Gasteiger partial charge in [0.25, 0.3) is 0 Å². The summed E-state index contributed by atoms with van der Waals surface area (Å²) in [5.41, 5.74) is 10.5. The van der Waals surface area contributed by atoms with Gasteiger partial charge in [0.1, 0.15) is 0 Å². The molecule has 2 unspecified atom stereocenters. The number of benzene rings is 2. The van der Waals surface area contributed by atoms with E-state index in [1.165, 1.54) is 62.9 Å². The molecule has 4 aliphatic rings. The van der Waals surface area contributed by atoms with Crippen LogP contribution in [0.2, 0.25) is 33.4 Å². The van der Waals surface area contributed by atoms with E-state index in [0.717, 1.165) is 0 Å². The molecule has 0 amide bonds. The van der Waals surface area contributed by atoms with E-state index in [2.05, 4.69) is 128 Å². The Morgan fingerprint density at radius 3 is 1.20 bits per heavy atom. The summed E-state index contributed by atoms with van der Waals surface area (Å²) in [6.07, 6.45) is 10.2. The van der Waals surface area contributed by atoms with Crippen LogP contribution in [0.15, 0.2) is 106 Å². The third kappa shape index (κ3) is 8.41. The molecule has 271 valence electrons. The Morgan fingerprint density at radius 1 is 0.540 bits per heavy atom. The van der Waals surface area contributed by atoms with Crippen LogP contribution < -0.4 is 35.2 Å². The fraction of sp³-hybridized carbons (Fsp3) is 0.524. The number of rotatable bonds is 9. The van der Waals surface area contributed by atoms with E-state index in [9.17, 15) is 0 Å². The molecule has 0 bridgehead atoms. The smallest absolute Gasteiger partial charge is 1.00 e. The van der Waals surface area contributed by atoms with Gasteiger partial charge in [-0.3, -0.25) is 0 Å². The molecule has 8 heteroatoms. The SMILES string of the molecule is C[SiH](C)OC1=C(C(C)(C)C)[CH]([Zr+2]([CH]2C3=C(CCCC3)C(O[SiH](C)C)=C2C(C)(C)C)[SiH](c2ccccc2)c2ccccc2)C2=C1CCCC2.[Cl-].[Cl-]. The van der Waals surface area contributed by atoms with Gasteiger partial charge in [0.2, 0.25) is 0 Å². The fourth-order valence-electron chi connectivity index (χ4n) is 9.34. The average molecular weight is 844 g/mol. The van der Waals surface area contributed by atoms with Gasteiger partial charge in [0, 0.05) is 0 Å². The zero-order chi connectivity index (χ0) is 34.4. The zero-order valence-corrected chi connectivity index (χ0v) is 39.8. The van der Waals surface area contributed by atoms with E-state index in [-0.39, 0.29) is 35.6 Å². The molecule has 0 N–H and O–H groups in total. The minimum Gasteiger partial charge on any atom is -1.00 e. The van der Waals surface area contributed by atoms with Crippen LogP contribution in [0.1, 0.15) is 92.9 Å². The van der Waals surface area contributed by atoms with Crippen molar-refractivity contribution in [3.63, 3.8) is 0 Å². The summed E-state index contributed by atoms with van der Waals surface area (Å²) in [6.45, 7) is 24.6. The maximum Gasteiger partial charge on any atom is -1.00 e. The van der Waals surface area contributed by atoms with Crippen LogP contribution in [-0.4, -0.2) is 24.0 Å². The second-order valence-electron chi connectivity index (χ2n) is 17.4. The van der Waals surface area contributed by atoms with Gasteiger partial charge < -0.3 is 24.8 Å². The van der Waals surface area contributed by atoms with E-state index in [0.29, 0.717) is 7.25 Å². The first-order chi connectivity index (χ1) is 22.8. The van der Waals surface area contributed by atoms with Crippen LogP contribution in [0, 0.1) is 10.8 Å². The molecule has 0 saturated heterocycles. The molecule has 2 atom stereocenters. The van der Waals surface area contributed by atoms with E-state index < -0.39 is 44.9 Å². The van der Waals surface area contributed by atoms with E-state index in [4.69, 9.17) is 8.85 Å². The molecule has 0 aromatic heterocycles. The molecule has 2 aromatic rings. The van der Waals surface area contributed by atoms with Crippen LogP contribution in [0.4, 0.5) is 0 Å². The summed E-state index contributed by atoms with van der Waals surface area (Å²) in [6, 6.07) is 23.9. The molecule has 0 saturated carbocycles. The Balaban J connectivity index is 0.00000281. The van der Waals surface area contributed by atoms with Crippen molar-refractivity contribution in [2.24, 2.45) is 10.8 Å². The van der Waals surface area contributed by atoms with Crippen molar-refractivity contribution in [1.29, 1.82) is 0 Å². The molecule has 0 aliphatic heterocycles. The third-order valence-electron chi connectivity index (χ3n) is 10.9. The molecule has 50 heavy (non-hydrogen) atoms. The second kappa shape index (κ2) is 17.1. The van der Waals surface area contributed by atoms with Crippen LogP contribution in [0.5, 0.6) is 0 Å². The van der Waals surface area contributed by atoms with E-state index in [1.807, 2.05) is 11.1 Å². The van der Waals surface area contributed by atoms with Gasteiger partial charge in [0.15, 0.2) is 0 Å². The van der Waals surface area contributed by atoms with Gasteiger partial charge in [-0.05, 0) is 0 Å². The Labute approximate surface area is 329 Å². The Bertz CT molecular complexity index is 1500. The molecule has 0 heterocycles. The maximum atomic E-state index is 7.19. The minimum absolute atomic E-state index is 0. The standard InChI is InChI=1S/2C15H25OSi.C12H11Si.2ClH.Zr/c2*1-15(2,3)13-10-11-8-6-7-9-12(11)14(13)16-17(4)5;1-3-7-11(8-4-1)13-12-9-5-2-6-10-12;;;/h2*10,17H,6-9H2,1-5H3;1-10,13H;2*1H;/q;;;;;+2/p-2. The van der Waals surface area contributed by atoms with Gasteiger partial charge in [-0.25, -0.2) is 0 Å². The van der Waals surface area contributed by atoms with Crippen molar-refractivity contribution < 1.29 is 54.6 Å². The normalized spacial score (nSPS) is 21.1. The maximum absolute atomic E-state index is 7.19. The van der Waals surface area contributed by atoms with Crippen molar-refractivity contribution in [2.45, 2.75) is 126 Å². The third-order valence-corrected chi connectivity index (χ3v) is 35.3. The van der Waals surface area contributed by atoms with Crippen molar-refractivity contribution in [3.8, 4) is 0 Å². The van der Waals surface area contributed by atoms with Gasteiger partial charge in [-0.2, -0.15) is 0 Å². The van der Waals surface area contributed by atoms with Crippen LogP contribution in [-0.2, 0) is 29.8 Å². The van der Waals surface area contributed by atoms with Crippen LogP contribution in [0.25, 0.3) is 0 Å². The fourth-order valence-corrected chi connectivity index (χ4v) is 40.4. The largest absolute Gasteiger partial charge is 1.00 e. The molecule has 6 rings (SSSR count). The Morgan fingerprint density at radius 2 is 0.880 bits per heavy atom. The molecule has 4 aliphatic carbocycles. The van der Waals surface area contributed by atoms with Crippen molar-refractivity contribution >= 4 is 34.4 Å². The number of hydrogen-bond acceptors (Lipinski definition) is 2. The van der Waals surface area contributed by atoms with Gasteiger partial charge in [-0.1, -0.05) is 0 Å². The van der Waals surface area contributed by atoms with Crippen LogP contribution >= 0.6 is 0 Å². The first kappa shape index (κ1) is 41.9. The quantitative estimate of drug-likeness (QED) is 0.355. The van der Waals surface area contributed by atoms with Gasteiger partial charge >= 0.3 is 307 Å². The summed E-state index contributed by atoms with van der Waals surface area (Å²) in [5, 5.41) is 3.33. The number of halogens is 2. The summed E-state index contributed by atoms with van der Waals surface area (Å²) in [4.78, 5) is 0. The predicted octanol–water partition coefficient (Wildman–Crippen LogP) is 4.10. The minimum atomic E-state index is -2.74. The van der Waals surface area contributed by atoms with Crippen molar-refractivity contribution in [3.05, 3.63) is 106 Å². The number of allylic oxidation sites excluding steroid dienone is 6. The molecule has 0 fully saturated rings. The summed E-state index contributed by atoms with van der Waals surface area (Å²) in [7, 11) is -2.63. The zero-order valence-electron chi connectivity index (χ0n) is 32.4. The molecule has 0 radical (unpaired) electrons. The summed E-state index contributed by atoms with van der Waals surface area (Å²) < 4.78 is 15.5. The molecular weight excluding hydrogens is 783 g/mol. The molecule has 0 spiro atoms. The van der Waals surface area contributed by atoms with Gasteiger partial charge in [-0.15, -0.1) is 0 Å². The molecular formula is C42H61Cl2O2Si3Zr. The molecule has 2 aromatic carbocycles. The first-order valence-electron chi connectivity index (χ1n) is 19.0. The topological polar surface area (TPSA) is 18.5 Å². The van der Waals surface area contributed by atoms with E-state index >= 15 is 0 Å². The Hall–Kier alpha value is -0.886. The van der Waals surface area contributed by atoms with Crippen molar-refractivity contribution in [2.75, 3.05) is 0 Å². The first-order valence-corrected chi connectivity index (χ1v) is 33.4. The van der Waals surface area contributed by atoms with E-state index in [1.54, 1.807) is 32.7 Å². The van der Waals surface area contributed by atoms with Gasteiger partial charge in [0.05, 0.1) is 0 Å². The monoisotopic (exact) mass is 841 g/mol. The Kier molecular flexibility index (Phi) is 14.3.